The van der Waals surface area contributed by atoms with Crippen LogP contribution in [0.2, 0.25) is 0 Å². The van der Waals surface area contributed by atoms with Crippen LogP contribution in [-0.4, -0.2) is 46.6 Å². The molecule has 3 N–H and O–H groups in total. The van der Waals surface area contributed by atoms with Gasteiger partial charge in [-0.3, -0.25) is 9.59 Å². The number of carbonyl (C=O) groups is 1. The van der Waals surface area contributed by atoms with Crippen LogP contribution in [0.1, 0.15) is 31.0 Å². The molecule has 1 aromatic heterocycles. The van der Waals surface area contributed by atoms with Crippen LogP contribution in [0.5, 0.6) is 0 Å². The molecule has 3 rings (SSSR count). The lowest BCUT2D eigenvalue weighted by Crippen LogP contribution is -2.37. The average Bonchev–Trinajstić information content (AvgIpc) is 2.61. The number of nitrogens with one attached hydrogen (secondary N) is 2. The third kappa shape index (κ3) is 4.08. The fourth-order valence-electron chi connectivity index (χ4n) is 3.34. The second-order valence-corrected chi connectivity index (χ2v) is 6.68. The summed E-state index contributed by atoms with van der Waals surface area (Å²) in [5.74, 6) is 0.139. The van der Waals surface area contributed by atoms with Crippen molar-refractivity contribution in [3.63, 3.8) is 0 Å². The first-order valence-corrected chi connectivity index (χ1v) is 8.85. The zero-order chi connectivity index (χ0) is 17.8. The van der Waals surface area contributed by atoms with E-state index in [1.54, 1.807) is 6.92 Å². The Morgan fingerprint density at radius 2 is 2.12 bits per heavy atom. The minimum atomic E-state index is -0.371. The van der Waals surface area contributed by atoms with E-state index in [1.807, 2.05) is 29.2 Å². The molecule has 6 nitrogen and oxygen atoms in total. The van der Waals surface area contributed by atoms with E-state index in [9.17, 15) is 14.7 Å². The highest BCUT2D eigenvalue weighted by molar-refractivity contribution is 5.86. The standard InChI is InChI=1S/C19H25N3O3/c1-13(23)11-20-9-4-7-18(24)22-10-8-17-16(12-22)14-5-2-3-6-15(14)19(25)21-17/h2-3,5-6,13,20,23H,4,7-12H2,1H3,(H,21,25). The molecule has 1 aliphatic heterocycles. The first kappa shape index (κ1) is 17.6. The maximum Gasteiger partial charge on any atom is 0.256 e. The summed E-state index contributed by atoms with van der Waals surface area (Å²) in [5, 5.41) is 14.0. The van der Waals surface area contributed by atoms with Gasteiger partial charge in [0.15, 0.2) is 0 Å². The predicted molar refractivity (Wildman–Crippen MR) is 97.5 cm³/mol. The van der Waals surface area contributed by atoms with E-state index in [1.165, 1.54) is 0 Å². The Kier molecular flexibility index (Phi) is 5.50. The molecule has 1 amide bonds. The lowest BCUT2D eigenvalue weighted by molar-refractivity contribution is -0.132. The third-order valence-electron chi connectivity index (χ3n) is 4.64. The van der Waals surface area contributed by atoms with Crippen LogP contribution in [0.4, 0.5) is 0 Å². The van der Waals surface area contributed by atoms with E-state index < -0.39 is 0 Å². The summed E-state index contributed by atoms with van der Waals surface area (Å²) in [7, 11) is 0. The van der Waals surface area contributed by atoms with Crippen molar-refractivity contribution in [1.82, 2.24) is 15.2 Å². The molecular formula is C19H25N3O3. The maximum absolute atomic E-state index is 12.5. The molecule has 2 heterocycles. The van der Waals surface area contributed by atoms with Gasteiger partial charge < -0.3 is 20.3 Å². The number of H-pyrrole nitrogens is 1. The van der Waals surface area contributed by atoms with Crippen LogP contribution in [-0.2, 0) is 17.8 Å². The van der Waals surface area contributed by atoms with Crippen LogP contribution in [0.25, 0.3) is 10.8 Å². The van der Waals surface area contributed by atoms with Crippen molar-refractivity contribution in [2.24, 2.45) is 0 Å². The summed E-state index contributed by atoms with van der Waals surface area (Å²) < 4.78 is 0. The number of rotatable bonds is 6. The van der Waals surface area contributed by atoms with Crippen molar-refractivity contribution in [3.8, 4) is 0 Å². The van der Waals surface area contributed by atoms with Gasteiger partial charge in [0.05, 0.1) is 6.10 Å². The zero-order valence-corrected chi connectivity index (χ0v) is 14.5. The highest BCUT2D eigenvalue weighted by atomic mass is 16.3. The molecule has 0 radical (unpaired) electrons. The van der Waals surface area contributed by atoms with Gasteiger partial charge in [0, 0.05) is 43.6 Å². The Hall–Kier alpha value is -2.18. The Morgan fingerprint density at radius 1 is 1.36 bits per heavy atom. The number of benzene rings is 1. The number of aromatic nitrogens is 1. The quantitative estimate of drug-likeness (QED) is 0.687. The molecule has 6 heteroatoms. The van der Waals surface area contributed by atoms with Gasteiger partial charge in [-0.1, -0.05) is 18.2 Å². The molecule has 25 heavy (non-hydrogen) atoms. The van der Waals surface area contributed by atoms with Gasteiger partial charge in [-0.2, -0.15) is 0 Å². The number of fused-ring (bicyclic) bond motifs is 3. The van der Waals surface area contributed by atoms with Gasteiger partial charge in [-0.25, -0.2) is 0 Å². The van der Waals surface area contributed by atoms with Crippen LogP contribution in [0.15, 0.2) is 29.1 Å². The second kappa shape index (κ2) is 7.80. The van der Waals surface area contributed by atoms with E-state index in [0.717, 1.165) is 29.6 Å². The average molecular weight is 343 g/mol. The van der Waals surface area contributed by atoms with Crippen molar-refractivity contribution >= 4 is 16.7 Å². The van der Waals surface area contributed by atoms with Crippen molar-refractivity contribution in [2.75, 3.05) is 19.6 Å². The Morgan fingerprint density at radius 3 is 2.88 bits per heavy atom. The number of aliphatic hydroxyl groups excluding tert-OH is 1. The molecular weight excluding hydrogens is 318 g/mol. The summed E-state index contributed by atoms with van der Waals surface area (Å²) in [6.07, 6.45) is 1.55. The number of hydrogen-bond donors (Lipinski definition) is 3. The predicted octanol–water partition coefficient (Wildman–Crippen LogP) is 1.16. The minimum Gasteiger partial charge on any atom is -0.392 e. The fraction of sp³-hybridized carbons (Fsp3) is 0.474. The smallest absolute Gasteiger partial charge is 0.256 e. The Balaban J connectivity index is 1.66. The normalized spacial score (nSPS) is 15.2. The van der Waals surface area contributed by atoms with E-state index >= 15 is 0 Å². The van der Waals surface area contributed by atoms with E-state index in [2.05, 4.69) is 10.3 Å². The molecule has 0 aliphatic carbocycles. The van der Waals surface area contributed by atoms with Crippen LogP contribution in [0.3, 0.4) is 0 Å². The number of aromatic amines is 1. The Bertz CT molecular complexity index is 813. The fourth-order valence-corrected chi connectivity index (χ4v) is 3.34. The molecule has 1 aromatic carbocycles. The highest BCUT2D eigenvalue weighted by Gasteiger charge is 2.23. The number of hydrogen-bond acceptors (Lipinski definition) is 4. The summed E-state index contributed by atoms with van der Waals surface area (Å²) in [6, 6.07) is 7.56. The maximum atomic E-state index is 12.5. The van der Waals surface area contributed by atoms with Crippen molar-refractivity contribution in [1.29, 1.82) is 0 Å². The molecule has 0 fully saturated rings. The molecule has 0 saturated carbocycles. The lowest BCUT2D eigenvalue weighted by Gasteiger charge is -2.29. The summed E-state index contributed by atoms with van der Waals surface area (Å²) in [6.45, 7) is 4.19. The van der Waals surface area contributed by atoms with Gasteiger partial charge in [-0.15, -0.1) is 0 Å². The van der Waals surface area contributed by atoms with E-state index in [4.69, 9.17) is 0 Å². The number of pyridine rings is 1. The summed E-state index contributed by atoms with van der Waals surface area (Å²) >= 11 is 0. The first-order chi connectivity index (χ1) is 12.1. The Labute approximate surface area is 146 Å². The van der Waals surface area contributed by atoms with Gasteiger partial charge in [0.25, 0.3) is 5.56 Å². The van der Waals surface area contributed by atoms with Crippen LogP contribution >= 0.6 is 0 Å². The monoisotopic (exact) mass is 343 g/mol. The SMILES string of the molecule is CC(O)CNCCCC(=O)N1CCc2[nH]c(=O)c3ccccc3c2C1. The largest absolute Gasteiger partial charge is 0.392 e. The topological polar surface area (TPSA) is 85.4 Å². The molecule has 134 valence electrons. The van der Waals surface area contributed by atoms with Crippen molar-refractivity contribution in [2.45, 2.75) is 38.8 Å². The molecule has 1 unspecified atom stereocenters. The van der Waals surface area contributed by atoms with Gasteiger partial charge in [0.1, 0.15) is 0 Å². The first-order valence-electron chi connectivity index (χ1n) is 8.85. The molecule has 2 aromatic rings. The van der Waals surface area contributed by atoms with Crippen LogP contribution in [0, 0.1) is 0 Å². The molecule has 0 bridgehead atoms. The molecule has 0 saturated heterocycles. The molecule has 1 atom stereocenters. The van der Waals surface area contributed by atoms with Gasteiger partial charge in [0.2, 0.25) is 5.91 Å². The van der Waals surface area contributed by atoms with Crippen molar-refractivity contribution in [3.05, 3.63) is 45.9 Å². The lowest BCUT2D eigenvalue weighted by atomic mass is 9.98. The summed E-state index contributed by atoms with van der Waals surface area (Å²) in [4.78, 5) is 29.5. The number of aliphatic hydroxyl groups is 1. The summed E-state index contributed by atoms with van der Waals surface area (Å²) in [5.41, 5.74) is 1.95. The second-order valence-electron chi connectivity index (χ2n) is 6.68. The van der Waals surface area contributed by atoms with Gasteiger partial charge in [-0.05, 0) is 36.9 Å². The van der Waals surface area contributed by atoms with Crippen LogP contribution < -0.4 is 10.9 Å². The van der Waals surface area contributed by atoms with E-state index in [0.29, 0.717) is 37.9 Å². The minimum absolute atomic E-state index is 0.0571. The van der Waals surface area contributed by atoms with E-state index in [-0.39, 0.29) is 17.6 Å². The van der Waals surface area contributed by atoms with Gasteiger partial charge >= 0.3 is 0 Å². The highest BCUT2D eigenvalue weighted by Crippen LogP contribution is 2.24. The third-order valence-corrected chi connectivity index (χ3v) is 4.64. The van der Waals surface area contributed by atoms with Crippen molar-refractivity contribution < 1.29 is 9.90 Å². The number of carbonyl (C=O) groups excluding carboxylic acids is 1. The zero-order valence-electron chi connectivity index (χ0n) is 14.5. The number of amides is 1. The number of nitrogens with zero attached hydrogens (tertiary/aromatic N) is 1. The molecule has 0 spiro atoms. The molecule has 1 aliphatic rings.